The van der Waals surface area contributed by atoms with Gasteiger partial charge in [-0.05, 0) is 38.9 Å². The first-order chi connectivity index (χ1) is 11.5. The average molecular weight is 338 g/mol. The van der Waals surface area contributed by atoms with E-state index in [1.54, 1.807) is 4.90 Å². The Kier molecular flexibility index (Phi) is 5.33. The van der Waals surface area contributed by atoms with Gasteiger partial charge < -0.3 is 9.64 Å². The van der Waals surface area contributed by atoms with Crippen LogP contribution >= 0.6 is 0 Å². The molecule has 0 bridgehead atoms. The molecule has 2 aliphatic heterocycles. The molecule has 1 aromatic rings. The van der Waals surface area contributed by atoms with E-state index in [1.165, 1.54) is 0 Å². The zero-order valence-electron chi connectivity index (χ0n) is 14.0. The fraction of sp³-hybridized carbons (Fsp3) is 0.611. The molecule has 0 aromatic heterocycles. The molecule has 0 saturated carbocycles. The van der Waals surface area contributed by atoms with Crippen molar-refractivity contribution in [3.05, 3.63) is 29.8 Å². The minimum Gasteiger partial charge on any atom is -0.491 e. The highest BCUT2D eigenvalue weighted by Crippen LogP contribution is 2.28. The number of fused-ring (bicyclic) bond motifs is 1. The minimum atomic E-state index is -2.31. The maximum atomic E-state index is 13.0. The molecular weight excluding hydrogens is 314 g/mol. The molecule has 24 heavy (non-hydrogen) atoms. The van der Waals surface area contributed by atoms with Crippen LogP contribution in [0.3, 0.4) is 0 Å². The molecule has 6 heteroatoms. The monoisotopic (exact) mass is 338 g/mol. The summed E-state index contributed by atoms with van der Waals surface area (Å²) in [5, 5.41) is 0. The third kappa shape index (κ3) is 3.86. The SMILES string of the molecule is CC1COc2ccccc2CN1C(=O)C1CCN(CC(F)F)CC1. The highest BCUT2D eigenvalue weighted by Gasteiger charge is 2.33. The van der Waals surface area contributed by atoms with Crippen LogP contribution in [0.4, 0.5) is 8.78 Å². The number of halogens is 2. The second kappa shape index (κ2) is 7.47. The van der Waals surface area contributed by atoms with Crippen LogP contribution in [0.1, 0.15) is 25.3 Å². The summed E-state index contributed by atoms with van der Waals surface area (Å²) in [5.74, 6) is 0.887. The van der Waals surface area contributed by atoms with Crippen LogP contribution in [0, 0.1) is 5.92 Å². The fourth-order valence-corrected chi connectivity index (χ4v) is 3.50. The third-order valence-corrected chi connectivity index (χ3v) is 4.94. The van der Waals surface area contributed by atoms with Gasteiger partial charge in [0.25, 0.3) is 6.43 Å². The summed E-state index contributed by atoms with van der Waals surface area (Å²) >= 11 is 0. The number of likely N-dealkylation sites (tertiary alicyclic amines) is 1. The Balaban J connectivity index is 1.64. The molecule has 132 valence electrons. The van der Waals surface area contributed by atoms with Crippen molar-refractivity contribution in [3.8, 4) is 5.75 Å². The first kappa shape index (κ1) is 17.1. The van der Waals surface area contributed by atoms with Crippen molar-refractivity contribution in [2.75, 3.05) is 26.2 Å². The van der Waals surface area contributed by atoms with Gasteiger partial charge in [0.15, 0.2) is 0 Å². The molecule has 4 nitrogen and oxygen atoms in total. The van der Waals surface area contributed by atoms with Gasteiger partial charge in [0.1, 0.15) is 12.4 Å². The van der Waals surface area contributed by atoms with Crippen molar-refractivity contribution in [2.24, 2.45) is 5.92 Å². The Morgan fingerprint density at radius 2 is 2.00 bits per heavy atom. The number of carbonyl (C=O) groups is 1. The summed E-state index contributed by atoms with van der Waals surface area (Å²) in [6, 6.07) is 7.80. The lowest BCUT2D eigenvalue weighted by atomic mass is 9.94. The molecule has 0 spiro atoms. The molecule has 1 aromatic carbocycles. The second-order valence-corrected chi connectivity index (χ2v) is 6.70. The lowest BCUT2D eigenvalue weighted by molar-refractivity contribution is -0.140. The van der Waals surface area contributed by atoms with E-state index in [0.29, 0.717) is 39.1 Å². The number of nitrogens with zero attached hydrogens (tertiary/aromatic N) is 2. The average Bonchev–Trinajstić information content (AvgIpc) is 2.74. The van der Waals surface area contributed by atoms with Gasteiger partial charge in [-0.1, -0.05) is 18.2 Å². The van der Waals surface area contributed by atoms with Crippen molar-refractivity contribution in [1.29, 1.82) is 0 Å². The van der Waals surface area contributed by atoms with E-state index in [2.05, 4.69) is 0 Å². The molecule has 1 fully saturated rings. The molecule has 3 rings (SSSR count). The Morgan fingerprint density at radius 3 is 2.71 bits per heavy atom. The Labute approximate surface area is 141 Å². The number of hydrogen-bond acceptors (Lipinski definition) is 3. The zero-order chi connectivity index (χ0) is 17.1. The first-order valence-electron chi connectivity index (χ1n) is 8.56. The molecule has 1 amide bonds. The molecule has 2 heterocycles. The van der Waals surface area contributed by atoms with Gasteiger partial charge in [-0.15, -0.1) is 0 Å². The number of benzene rings is 1. The van der Waals surface area contributed by atoms with E-state index in [9.17, 15) is 13.6 Å². The van der Waals surface area contributed by atoms with Gasteiger partial charge in [0.2, 0.25) is 5.91 Å². The molecule has 1 unspecified atom stereocenters. The van der Waals surface area contributed by atoms with Crippen molar-refractivity contribution in [2.45, 2.75) is 38.8 Å². The Hall–Kier alpha value is -1.69. The van der Waals surface area contributed by atoms with Crippen LogP contribution in [-0.2, 0) is 11.3 Å². The smallest absolute Gasteiger partial charge is 0.251 e. The summed E-state index contributed by atoms with van der Waals surface area (Å²) < 4.78 is 30.7. The lowest BCUT2D eigenvalue weighted by Gasteiger charge is -2.35. The van der Waals surface area contributed by atoms with Crippen LogP contribution in [0.25, 0.3) is 0 Å². The molecular formula is C18H24F2N2O2. The van der Waals surface area contributed by atoms with Crippen molar-refractivity contribution < 1.29 is 18.3 Å². The van der Waals surface area contributed by atoms with Gasteiger partial charge in [0.05, 0.1) is 12.6 Å². The predicted octanol–water partition coefficient (Wildman–Crippen LogP) is 2.77. The number of carbonyl (C=O) groups excluding carboxylic acids is 1. The molecule has 0 radical (unpaired) electrons. The molecule has 0 aliphatic carbocycles. The summed E-state index contributed by atoms with van der Waals surface area (Å²) in [7, 11) is 0. The zero-order valence-corrected chi connectivity index (χ0v) is 14.0. The molecule has 2 aliphatic rings. The number of piperidine rings is 1. The summed E-state index contributed by atoms with van der Waals surface area (Å²) in [4.78, 5) is 16.6. The normalized spacial score (nSPS) is 22.8. The van der Waals surface area contributed by atoms with E-state index in [0.717, 1.165) is 11.3 Å². The van der Waals surface area contributed by atoms with E-state index in [4.69, 9.17) is 4.74 Å². The van der Waals surface area contributed by atoms with E-state index < -0.39 is 6.43 Å². The summed E-state index contributed by atoms with van der Waals surface area (Å²) in [5.41, 5.74) is 1.02. The van der Waals surface area contributed by atoms with Crippen LogP contribution < -0.4 is 4.74 Å². The highest BCUT2D eigenvalue weighted by atomic mass is 19.3. The van der Waals surface area contributed by atoms with Gasteiger partial charge in [0, 0.05) is 18.0 Å². The lowest BCUT2D eigenvalue weighted by Crippen LogP contribution is -2.47. The Morgan fingerprint density at radius 1 is 1.29 bits per heavy atom. The number of hydrogen-bond donors (Lipinski definition) is 0. The van der Waals surface area contributed by atoms with Crippen LogP contribution in [0.5, 0.6) is 5.75 Å². The summed E-state index contributed by atoms with van der Waals surface area (Å²) in [6.45, 7) is 3.96. The van der Waals surface area contributed by atoms with Gasteiger partial charge in [-0.3, -0.25) is 9.69 Å². The largest absolute Gasteiger partial charge is 0.491 e. The molecule has 0 N–H and O–H groups in total. The topological polar surface area (TPSA) is 32.8 Å². The van der Waals surface area contributed by atoms with Crippen molar-refractivity contribution in [3.63, 3.8) is 0 Å². The highest BCUT2D eigenvalue weighted by molar-refractivity contribution is 5.79. The second-order valence-electron chi connectivity index (χ2n) is 6.70. The number of ether oxygens (including phenoxy) is 1. The number of amides is 1. The van der Waals surface area contributed by atoms with Crippen molar-refractivity contribution >= 4 is 5.91 Å². The summed E-state index contributed by atoms with van der Waals surface area (Å²) in [6.07, 6.45) is -1.01. The van der Waals surface area contributed by atoms with Crippen molar-refractivity contribution in [1.82, 2.24) is 9.80 Å². The maximum absolute atomic E-state index is 13.0. The number of rotatable bonds is 3. The number of para-hydroxylation sites is 1. The van der Waals surface area contributed by atoms with E-state index in [-0.39, 0.29) is 24.4 Å². The van der Waals surface area contributed by atoms with Crippen LogP contribution in [-0.4, -0.2) is 54.4 Å². The maximum Gasteiger partial charge on any atom is 0.251 e. The Bertz CT molecular complexity index is 574. The van der Waals surface area contributed by atoms with Crippen LogP contribution in [0.2, 0.25) is 0 Å². The first-order valence-corrected chi connectivity index (χ1v) is 8.56. The fourth-order valence-electron chi connectivity index (χ4n) is 3.50. The van der Waals surface area contributed by atoms with Crippen LogP contribution in [0.15, 0.2) is 24.3 Å². The predicted molar refractivity (Wildman–Crippen MR) is 87.1 cm³/mol. The minimum absolute atomic E-state index is 0.00370. The molecule has 1 saturated heterocycles. The third-order valence-electron chi connectivity index (χ3n) is 4.94. The quantitative estimate of drug-likeness (QED) is 0.850. The van der Waals surface area contributed by atoms with Gasteiger partial charge >= 0.3 is 0 Å². The molecule has 1 atom stereocenters. The van der Waals surface area contributed by atoms with Gasteiger partial charge in [-0.25, -0.2) is 8.78 Å². The standard InChI is InChI=1S/C18H24F2N2O2/c1-13-12-24-16-5-3-2-4-15(16)10-22(13)18(23)14-6-8-21(9-7-14)11-17(19)20/h2-5,13-14,17H,6-12H2,1H3. The van der Waals surface area contributed by atoms with Gasteiger partial charge in [-0.2, -0.15) is 0 Å². The van der Waals surface area contributed by atoms with E-state index >= 15 is 0 Å². The van der Waals surface area contributed by atoms with E-state index in [1.807, 2.05) is 36.1 Å². The number of alkyl halides is 2.